The summed E-state index contributed by atoms with van der Waals surface area (Å²) in [4.78, 5) is 0. The Hall–Kier alpha value is 0.394. The fraction of sp³-hybridized carbons (Fsp3) is 1.00. The third-order valence-electron chi connectivity index (χ3n) is 2.00. The van der Waals surface area contributed by atoms with E-state index in [1.54, 1.807) is 13.8 Å². The second kappa shape index (κ2) is 11.9. The Kier molecular flexibility index (Phi) is 13.9. The van der Waals surface area contributed by atoms with Crippen LogP contribution in [0.2, 0.25) is 0 Å². The van der Waals surface area contributed by atoms with Gasteiger partial charge in [0.05, 0.1) is 0 Å². The molecule has 0 unspecified atom stereocenters. The molecule has 0 fully saturated rings. The summed E-state index contributed by atoms with van der Waals surface area (Å²) in [5.74, 6) is -2.43. The van der Waals surface area contributed by atoms with Gasteiger partial charge in [-0.05, 0) is 13.8 Å². The van der Waals surface area contributed by atoms with Gasteiger partial charge in [0.1, 0.15) is 0 Å². The average Bonchev–Trinajstić information content (AvgIpc) is 2.18. The second-order valence-corrected chi connectivity index (χ2v) is 4.01. The quantitative estimate of drug-likeness (QED) is 0.373. The molecule has 0 aromatic heterocycles. The van der Waals surface area contributed by atoms with Crippen LogP contribution in [0.1, 0.15) is 59.3 Å². The molecule has 0 aromatic carbocycles. The summed E-state index contributed by atoms with van der Waals surface area (Å²) < 4.78 is 13.0. The predicted octanol–water partition coefficient (Wildman–Crippen LogP) is 1.02. The average molecular weight is 266 g/mol. The molecule has 0 heterocycles. The summed E-state index contributed by atoms with van der Waals surface area (Å²) in [6.45, 7) is 5.55. The van der Waals surface area contributed by atoms with E-state index in [1.165, 1.54) is 12.8 Å². The first-order chi connectivity index (χ1) is 7.48. The second-order valence-electron chi connectivity index (χ2n) is 4.01. The van der Waals surface area contributed by atoms with E-state index < -0.39 is 5.97 Å². The van der Waals surface area contributed by atoms with Crippen molar-refractivity contribution in [3.05, 3.63) is 0 Å². The van der Waals surface area contributed by atoms with E-state index in [-0.39, 0.29) is 12.5 Å². The van der Waals surface area contributed by atoms with Gasteiger partial charge in [-0.1, -0.05) is 51.4 Å². The number of hydrogen-bond donors (Lipinski definition) is 0. The van der Waals surface area contributed by atoms with E-state index in [2.05, 4.69) is 6.92 Å². The Morgan fingerprint density at radius 1 is 1.12 bits per heavy atom. The molecule has 0 spiro atoms. The molecule has 4 nitrogen and oxygen atoms in total. The van der Waals surface area contributed by atoms with Gasteiger partial charge in [0.2, 0.25) is 0 Å². The van der Waals surface area contributed by atoms with Gasteiger partial charge in [-0.25, -0.2) is 0 Å². The number of hydrogen-bond acceptors (Lipinski definition) is 4. The van der Waals surface area contributed by atoms with Crippen molar-refractivity contribution in [2.24, 2.45) is 0 Å². The Bertz CT molecular complexity index is 151. The number of rotatable bonds is 8. The van der Waals surface area contributed by atoms with Gasteiger partial charge in [0.25, 0.3) is 0 Å². The molecule has 0 aromatic rings. The van der Waals surface area contributed by atoms with Crippen LogP contribution in [0.15, 0.2) is 0 Å². The van der Waals surface area contributed by atoms with Gasteiger partial charge in [-0.3, -0.25) is 0 Å². The van der Waals surface area contributed by atoms with Crippen molar-refractivity contribution in [1.82, 2.24) is 0 Å². The van der Waals surface area contributed by atoms with Gasteiger partial charge in [0.15, 0.2) is 0 Å². The topological polar surface area (TPSA) is 72.4 Å². The molecule has 0 saturated heterocycles. The monoisotopic (exact) mass is 266 g/mol. The molecule has 0 amide bonds. The zero-order valence-corrected chi connectivity index (χ0v) is 12.0. The van der Waals surface area contributed by atoms with Gasteiger partial charge in [0, 0.05) is 6.10 Å². The summed E-state index contributed by atoms with van der Waals surface area (Å²) in [5, 5.41) is 22.3. The fourth-order valence-corrected chi connectivity index (χ4v) is 1.36. The molecule has 0 N–H and O–H groups in total. The van der Waals surface area contributed by atoms with Gasteiger partial charge >= 0.3 is 23.7 Å². The van der Waals surface area contributed by atoms with Crippen LogP contribution in [0.3, 0.4) is 0 Å². The molecule has 0 aliphatic carbocycles. The molecule has 0 rings (SSSR count). The molecule has 94 valence electrons. The predicted molar refractivity (Wildman–Crippen MR) is 53.0 cm³/mol. The maximum absolute atomic E-state index is 11.2. The first-order valence-electron chi connectivity index (χ1n) is 5.77. The molecular formula is C11H22O4Ti. The zero-order chi connectivity index (χ0) is 13.0. The molecule has 0 atom stereocenters. The SMILES string of the molecule is CCCCCCCC([O-])([O-])OC(C)C.[O]=[Ti+2]. The molecule has 16 heavy (non-hydrogen) atoms. The van der Waals surface area contributed by atoms with Crippen LogP contribution in [0.5, 0.6) is 0 Å². The Morgan fingerprint density at radius 2 is 1.62 bits per heavy atom. The summed E-state index contributed by atoms with van der Waals surface area (Å²) in [6, 6.07) is 0. The summed E-state index contributed by atoms with van der Waals surface area (Å²) in [7, 11) is 0. The standard InChI is InChI=1S/C11H22O3.O.Ti/c1-4-5-6-7-8-9-11(12,13)14-10(2)3;;/h10H,4-9H2,1-3H3;;/q-2;;+2. The third-order valence-corrected chi connectivity index (χ3v) is 2.00. The molecule has 0 aliphatic rings. The molecule has 0 bridgehead atoms. The van der Waals surface area contributed by atoms with Crippen molar-refractivity contribution in [2.75, 3.05) is 0 Å². The van der Waals surface area contributed by atoms with E-state index in [0.29, 0.717) is 6.42 Å². The maximum atomic E-state index is 11.2. The van der Waals surface area contributed by atoms with Gasteiger partial charge < -0.3 is 14.9 Å². The normalized spacial score (nSPS) is 11.2. The van der Waals surface area contributed by atoms with Crippen molar-refractivity contribution in [3.8, 4) is 0 Å². The molecule has 5 heteroatoms. The van der Waals surface area contributed by atoms with E-state index in [4.69, 9.17) is 8.06 Å². The summed E-state index contributed by atoms with van der Waals surface area (Å²) in [5.41, 5.74) is 0. The Labute approximate surface area is 110 Å². The van der Waals surface area contributed by atoms with Crippen LogP contribution in [-0.4, -0.2) is 12.1 Å². The van der Waals surface area contributed by atoms with Crippen LogP contribution < -0.4 is 10.2 Å². The van der Waals surface area contributed by atoms with Gasteiger partial charge in [-0.2, -0.15) is 0 Å². The first-order valence-corrected chi connectivity index (χ1v) is 6.41. The number of ether oxygens (including phenoxy) is 1. The van der Waals surface area contributed by atoms with E-state index >= 15 is 0 Å². The minimum atomic E-state index is -2.43. The minimum absolute atomic E-state index is 0.0783. The molecule has 0 saturated carbocycles. The summed E-state index contributed by atoms with van der Waals surface area (Å²) in [6.07, 6.45) is 4.89. The van der Waals surface area contributed by atoms with Crippen molar-refractivity contribution in [2.45, 2.75) is 71.4 Å². The molecule has 0 aliphatic heterocycles. The van der Waals surface area contributed by atoms with Crippen molar-refractivity contribution in [3.63, 3.8) is 0 Å². The van der Waals surface area contributed by atoms with E-state index in [1.807, 2.05) is 0 Å². The summed E-state index contributed by atoms with van der Waals surface area (Å²) >= 11 is 0.750. The van der Waals surface area contributed by atoms with Crippen molar-refractivity contribution in [1.29, 1.82) is 0 Å². The van der Waals surface area contributed by atoms with Crippen LogP contribution in [0.25, 0.3) is 0 Å². The van der Waals surface area contributed by atoms with Crippen molar-refractivity contribution < 1.29 is 38.7 Å². The fourth-order valence-electron chi connectivity index (χ4n) is 1.36. The van der Waals surface area contributed by atoms with Crippen LogP contribution >= 0.6 is 0 Å². The molecule has 0 radical (unpaired) electrons. The van der Waals surface area contributed by atoms with Crippen LogP contribution in [0.4, 0.5) is 0 Å². The third kappa shape index (κ3) is 14.4. The van der Waals surface area contributed by atoms with E-state index in [0.717, 1.165) is 33.2 Å². The molecular weight excluding hydrogens is 244 g/mol. The van der Waals surface area contributed by atoms with Crippen LogP contribution in [-0.2, 0) is 28.5 Å². The van der Waals surface area contributed by atoms with Crippen molar-refractivity contribution >= 4 is 0 Å². The first kappa shape index (κ1) is 18.8. The van der Waals surface area contributed by atoms with E-state index in [9.17, 15) is 10.2 Å². The van der Waals surface area contributed by atoms with Crippen LogP contribution in [0, 0.1) is 0 Å². The Balaban J connectivity index is 0. The van der Waals surface area contributed by atoms with Gasteiger partial charge in [-0.15, -0.1) is 0 Å². The number of unbranched alkanes of at least 4 members (excludes halogenated alkanes) is 4. The zero-order valence-electron chi connectivity index (χ0n) is 10.5. The Morgan fingerprint density at radius 3 is 2.06 bits per heavy atom.